The van der Waals surface area contributed by atoms with Crippen LogP contribution < -0.4 is 5.32 Å². The van der Waals surface area contributed by atoms with Crippen molar-refractivity contribution in [1.82, 2.24) is 5.32 Å². The highest BCUT2D eigenvalue weighted by atomic mass is 19.4. The molecule has 0 radical (unpaired) electrons. The number of alkyl halides is 3. The molecular formula is C14H11F4NO3. The number of aliphatic hydroxyl groups excluding tert-OH is 1. The van der Waals surface area contributed by atoms with E-state index < -0.39 is 41.7 Å². The second kappa shape index (κ2) is 6.18. The molecule has 0 spiro atoms. The molecule has 0 aliphatic heterocycles. The van der Waals surface area contributed by atoms with Gasteiger partial charge in [-0.3, -0.25) is 4.79 Å². The smallest absolute Gasteiger partial charge is 0.416 e. The Labute approximate surface area is 122 Å². The van der Waals surface area contributed by atoms with Gasteiger partial charge in [-0.25, -0.2) is 4.39 Å². The number of hydrogen-bond acceptors (Lipinski definition) is 3. The normalized spacial score (nSPS) is 13.0. The molecule has 0 aliphatic carbocycles. The van der Waals surface area contributed by atoms with Crippen molar-refractivity contribution in [2.24, 2.45) is 0 Å². The topological polar surface area (TPSA) is 62.5 Å². The fraction of sp³-hybridized carbons (Fsp3) is 0.214. The van der Waals surface area contributed by atoms with E-state index >= 15 is 0 Å². The van der Waals surface area contributed by atoms with Crippen molar-refractivity contribution in [3.05, 3.63) is 59.3 Å². The van der Waals surface area contributed by atoms with Crippen molar-refractivity contribution in [1.29, 1.82) is 0 Å². The third-order valence-electron chi connectivity index (χ3n) is 2.86. The molecule has 0 aliphatic rings. The minimum Gasteiger partial charge on any atom is -0.467 e. The van der Waals surface area contributed by atoms with Gasteiger partial charge in [0.2, 0.25) is 0 Å². The number of hydrogen-bond donors (Lipinski definition) is 2. The quantitative estimate of drug-likeness (QED) is 0.852. The van der Waals surface area contributed by atoms with E-state index in [0.717, 1.165) is 0 Å². The Morgan fingerprint density at radius 1 is 1.32 bits per heavy atom. The minimum absolute atomic E-state index is 0.225. The zero-order valence-electron chi connectivity index (χ0n) is 11.0. The molecule has 2 aromatic rings. The summed E-state index contributed by atoms with van der Waals surface area (Å²) in [4.78, 5) is 11.9. The molecule has 0 saturated heterocycles. The summed E-state index contributed by atoms with van der Waals surface area (Å²) in [6, 6.07) is 3.57. The van der Waals surface area contributed by atoms with E-state index in [1.54, 1.807) is 0 Å². The fourth-order valence-corrected chi connectivity index (χ4v) is 1.82. The van der Waals surface area contributed by atoms with E-state index in [2.05, 4.69) is 5.32 Å². The summed E-state index contributed by atoms with van der Waals surface area (Å²) in [6.45, 7) is -0.527. The molecular weight excluding hydrogens is 306 g/mol. The van der Waals surface area contributed by atoms with Crippen molar-refractivity contribution < 1.29 is 31.9 Å². The van der Waals surface area contributed by atoms with E-state index in [1.807, 2.05) is 0 Å². The second-order valence-corrected chi connectivity index (χ2v) is 4.45. The maximum Gasteiger partial charge on any atom is 0.416 e. The van der Waals surface area contributed by atoms with Crippen LogP contribution in [-0.4, -0.2) is 17.6 Å². The summed E-state index contributed by atoms with van der Waals surface area (Å²) < 4.78 is 56.1. The largest absolute Gasteiger partial charge is 0.467 e. The van der Waals surface area contributed by atoms with Gasteiger partial charge in [0.05, 0.1) is 18.4 Å². The van der Waals surface area contributed by atoms with Gasteiger partial charge in [0.15, 0.2) is 0 Å². The SMILES string of the molecule is O=C(NC(CO)c1ccco1)c1cc(F)cc(C(F)(F)F)c1. The maximum atomic E-state index is 13.3. The number of amides is 1. The lowest BCUT2D eigenvalue weighted by atomic mass is 10.1. The van der Waals surface area contributed by atoms with Gasteiger partial charge in [0, 0.05) is 5.56 Å². The van der Waals surface area contributed by atoms with Crippen LogP contribution in [0.5, 0.6) is 0 Å². The summed E-state index contributed by atoms with van der Waals surface area (Å²) in [5.41, 5.74) is -1.77. The first-order valence-corrected chi connectivity index (χ1v) is 6.14. The molecule has 0 fully saturated rings. The van der Waals surface area contributed by atoms with Gasteiger partial charge in [0.25, 0.3) is 5.91 Å². The monoisotopic (exact) mass is 317 g/mol. The van der Waals surface area contributed by atoms with Crippen molar-refractivity contribution in [3.63, 3.8) is 0 Å². The fourth-order valence-electron chi connectivity index (χ4n) is 1.82. The zero-order chi connectivity index (χ0) is 16.3. The van der Waals surface area contributed by atoms with Crippen LogP contribution in [0, 0.1) is 5.82 Å². The first-order chi connectivity index (χ1) is 10.3. The lowest BCUT2D eigenvalue weighted by molar-refractivity contribution is -0.137. The molecule has 1 unspecified atom stereocenters. The molecule has 2 rings (SSSR count). The number of halogens is 4. The van der Waals surface area contributed by atoms with Crippen LogP contribution in [0.3, 0.4) is 0 Å². The van der Waals surface area contributed by atoms with Crippen LogP contribution in [0.15, 0.2) is 41.0 Å². The van der Waals surface area contributed by atoms with Crippen LogP contribution in [0.25, 0.3) is 0 Å². The van der Waals surface area contributed by atoms with Crippen LogP contribution in [-0.2, 0) is 6.18 Å². The van der Waals surface area contributed by atoms with Gasteiger partial charge in [-0.05, 0) is 30.3 Å². The average molecular weight is 317 g/mol. The number of carbonyl (C=O) groups excluding carboxylic acids is 1. The van der Waals surface area contributed by atoms with Gasteiger partial charge < -0.3 is 14.8 Å². The first kappa shape index (κ1) is 16.0. The lowest BCUT2D eigenvalue weighted by Crippen LogP contribution is -2.30. The number of furan rings is 1. The van der Waals surface area contributed by atoms with Gasteiger partial charge in [-0.15, -0.1) is 0 Å². The highest BCUT2D eigenvalue weighted by Crippen LogP contribution is 2.30. The highest BCUT2D eigenvalue weighted by Gasteiger charge is 2.32. The molecule has 1 aromatic heterocycles. The third kappa shape index (κ3) is 3.64. The molecule has 1 aromatic carbocycles. The van der Waals surface area contributed by atoms with E-state index in [-0.39, 0.29) is 5.76 Å². The molecule has 8 heteroatoms. The van der Waals surface area contributed by atoms with Gasteiger partial charge >= 0.3 is 6.18 Å². The van der Waals surface area contributed by atoms with E-state index in [0.29, 0.717) is 18.2 Å². The summed E-state index contributed by atoms with van der Waals surface area (Å²) in [5, 5.41) is 11.5. The number of nitrogens with one attached hydrogen (secondary N) is 1. The summed E-state index contributed by atoms with van der Waals surface area (Å²) in [7, 11) is 0. The summed E-state index contributed by atoms with van der Waals surface area (Å²) in [6.07, 6.45) is -3.46. The van der Waals surface area contributed by atoms with Crippen molar-refractivity contribution in [3.8, 4) is 0 Å². The summed E-state index contributed by atoms with van der Waals surface area (Å²) in [5.74, 6) is -1.91. The molecule has 22 heavy (non-hydrogen) atoms. The molecule has 0 bridgehead atoms. The molecule has 4 nitrogen and oxygen atoms in total. The molecule has 1 atom stereocenters. The van der Waals surface area contributed by atoms with E-state index in [9.17, 15) is 27.5 Å². The number of aliphatic hydroxyl groups is 1. The number of rotatable bonds is 4. The lowest BCUT2D eigenvalue weighted by Gasteiger charge is -2.15. The third-order valence-corrected chi connectivity index (χ3v) is 2.86. The summed E-state index contributed by atoms with van der Waals surface area (Å²) >= 11 is 0. The molecule has 1 amide bonds. The molecule has 118 valence electrons. The standard InChI is InChI=1S/C14H11F4NO3/c15-10-5-8(4-9(6-10)14(16,17)18)13(21)19-11(7-20)12-2-1-3-22-12/h1-6,11,20H,7H2,(H,19,21). The Bertz CT molecular complexity index is 653. The Hall–Kier alpha value is -2.35. The highest BCUT2D eigenvalue weighted by molar-refractivity contribution is 5.94. The second-order valence-electron chi connectivity index (χ2n) is 4.45. The molecule has 0 saturated carbocycles. The van der Waals surface area contributed by atoms with Crippen molar-refractivity contribution in [2.45, 2.75) is 12.2 Å². The molecule has 1 heterocycles. The van der Waals surface area contributed by atoms with Crippen molar-refractivity contribution >= 4 is 5.91 Å². The van der Waals surface area contributed by atoms with Crippen LogP contribution in [0.1, 0.15) is 27.7 Å². The van der Waals surface area contributed by atoms with E-state index in [1.165, 1.54) is 18.4 Å². The zero-order valence-corrected chi connectivity index (χ0v) is 11.0. The Kier molecular flexibility index (Phi) is 4.51. The van der Waals surface area contributed by atoms with E-state index in [4.69, 9.17) is 4.42 Å². The van der Waals surface area contributed by atoms with Gasteiger partial charge in [-0.1, -0.05) is 0 Å². The molecule has 2 N–H and O–H groups in total. The predicted molar refractivity (Wildman–Crippen MR) is 67.4 cm³/mol. The first-order valence-electron chi connectivity index (χ1n) is 6.14. The Morgan fingerprint density at radius 2 is 2.05 bits per heavy atom. The van der Waals surface area contributed by atoms with Crippen LogP contribution in [0.4, 0.5) is 17.6 Å². The maximum absolute atomic E-state index is 13.3. The Morgan fingerprint density at radius 3 is 2.59 bits per heavy atom. The van der Waals surface area contributed by atoms with Crippen LogP contribution >= 0.6 is 0 Å². The van der Waals surface area contributed by atoms with Gasteiger partial charge in [0.1, 0.15) is 17.6 Å². The minimum atomic E-state index is -4.77. The van der Waals surface area contributed by atoms with Crippen molar-refractivity contribution in [2.75, 3.05) is 6.61 Å². The number of benzene rings is 1. The Balaban J connectivity index is 2.24. The number of carbonyl (C=O) groups is 1. The van der Waals surface area contributed by atoms with Gasteiger partial charge in [-0.2, -0.15) is 13.2 Å². The average Bonchev–Trinajstić information content (AvgIpc) is 2.96. The predicted octanol–water partition coefficient (Wildman–Crippen LogP) is 2.90. The van der Waals surface area contributed by atoms with Crippen LogP contribution in [0.2, 0.25) is 0 Å².